The van der Waals surface area contributed by atoms with Gasteiger partial charge in [0.15, 0.2) is 17.3 Å². The molecule has 0 radical (unpaired) electrons. The zero-order valence-electron chi connectivity index (χ0n) is 21.8. The van der Waals surface area contributed by atoms with Crippen LogP contribution in [0.15, 0.2) is 53.4 Å². The summed E-state index contributed by atoms with van der Waals surface area (Å²) in [6.45, 7) is 2.88. The van der Waals surface area contributed by atoms with E-state index in [9.17, 15) is 17.6 Å². The lowest BCUT2D eigenvalue weighted by molar-refractivity contribution is -0.122. The summed E-state index contributed by atoms with van der Waals surface area (Å²) < 4.78 is 57.5. The zero-order chi connectivity index (χ0) is 27.7. The van der Waals surface area contributed by atoms with Crippen molar-refractivity contribution in [2.75, 3.05) is 44.5 Å². The minimum atomic E-state index is -3.92. The molecule has 3 aromatic rings. The number of ether oxygens (including phenoxy) is 3. The molecule has 3 aliphatic rings. The maximum atomic E-state index is 13.4. The topological polar surface area (TPSA) is 111 Å². The van der Waals surface area contributed by atoms with E-state index >= 15 is 0 Å². The van der Waals surface area contributed by atoms with E-state index in [0.29, 0.717) is 74.4 Å². The lowest BCUT2D eigenvalue weighted by Gasteiger charge is -2.27. The molecule has 4 heterocycles. The Morgan fingerprint density at radius 2 is 1.75 bits per heavy atom. The Morgan fingerprint density at radius 1 is 0.975 bits per heavy atom. The van der Waals surface area contributed by atoms with Gasteiger partial charge in [0.1, 0.15) is 5.82 Å². The Hall–Kier alpha value is -3.61. The summed E-state index contributed by atoms with van der Waals surface area (Å²) in [4.78, 5) is 25.0. The van der Waals surface area contributed by atoms with Crippen molar-refractivity contribution < 1.29 is 31.8 Å². The fourth-order valence-corrected chi connectivity index (χ4v) is 6.91. The van der Waals surface area contributed by atoms with Crippen molar-refractivity contribution >= 4 is 21.8 Å². The van der Waals surface area contributed by atoms with Crippen LogP contribution < -0.4 is 14.4 Å². The maximum Gasteiger partial charge on any atom is 0.243 e. The van der Waals surface area contributed by atoms with Crippen LogP contribution in [0.4, 0.5) is 10.3 Å². The third-order valence-corrected chi connectivity index (χ3v) is 9.28. The minimum Gasteiger partial charge on any atom is -0.454 e. The minimum absolute atomic E-state index is 0.0204. The van der Waals surface area contributed by atoms with Gasteiger partial charge >= 0.3 is 0 Å². The average Bonchev–Trinajstić information content (AvgIpc) is 3.67. The maximum absolute atomic E-state index is 13.4. The van der Waals surface area contributed by atoms with Gasteiger partial charge < -0.3 is 19.1 Å². The summed E-state index contributed by atoms with van der Waals surface area (Å²) in [5, 5.41) is 0. The highest BCUT2D eigenvalue weighted by Gasteiger charge is 2.39. The van der Waals surface area contributed by atoms with Crippen LogP contribution >= 0.6 is 0 Å². The molecule has 2 aromatic carbocycles. The molecule has 0 spiro atoms. The predicted molar refractivity (Wildman–Crippen MR) is 143 cm³/mol. The number of aryl methyl sites for hydroxylation is 1. The van der Waals surface area contributed by atoms with E-state index in [1.165, 1.54) is 16.4 Å². The number of hydrogen-bond acceptors (Lipinski definition) is 9. The Kier molecular flexibility index (Phi) is 7.39. The first-order valence-electron chi connectivity index (χ1n) is 13.3. The molecule has 6 rings (SSSR count). The number of fused-ring (bicyclic) bond motifs is 1. The van der Waals surface area contributed by atoms with Crippen molar-refractivity contribution in [2.24, 2.45) is 0 Å². The van der Waals surface area contributed by atoms with E-state index in [1.807, 2.05) is 24.3 Å². The van der Waals surface area contributed by atoms with E-state index in [4.69, 9.17) is 24.2 Å². The number of sulfonamides is 1. The first kappa shape index (κ1) is 26.6. The normalized spacial score (nSPS) is 19.2. The van der Waals surface area contributed by atoms with Gasteiger partial charge in [-0.3, -0.25) is 4.79 Å². The first-order chi connectivity index (χ1) is 19.4. The number of nitrogens with zero attached hydrogens (tertiary/aromatic N) is 4. The van der Waals surface area contributed by atoms with Crippen molar-refractivity contribution in [3.05, 3.63) is 60.0 Å². The number of rotatable bonds is 8. The molecule has 2 saturated heterocycles. The second-order valence-corrected chi connectivity index (χ2v) is 11.8. The molecule has 0 unspecified atom stereocenters. The average molecular weight is 569 g/mol. The highest BCUT2D eigenvalue weighted by Crippen LogP contribution is 2.36. The largest absolute Gasteiger partial charge is 0.454 e. The first-order valence-corrected chi connectivity index (χ1v) is 14.7. The number of morpholine rings is 1. The van der Waals surface area contributed by atoms with E-state index in [0.717, 1.165) is 17.7 Å². The predicted octanol–water partition coefficient (Wildman–Crippen LogP) is 3.20. The van der Waals surface area contributed by atoms with Crippen molar-refractivity contribution in [2.45, 2.75) is 36.6 Å². The van der Waals surface area contributed by atoms with Gasteiger partial charge in [-0.1, -0.05) is 0 Å². The van der Waals surface area contributed by atoms with Crippen LogP contribution in [0.1, 0.15) is 25.0 Å². The van der Waals surface area contributed by atoms with Crippen LogP contribution in [0.3, 0.4) is 0 Å². The smallest absolute Gasteiger partial charge is 0.243 e. The number of benzene rings is 2. The lowest BCUT2D eigenvalue weighted by atomic mass is 10.0. The molecule has 10 nitrogen and oxygen atoms in total. The Bertz CT molecular complexity index is 1510. The summed E-state index contributed by atoms with van der Waals surface area (Å²) in [6, 6.07) is 11.4. The molecule has 1 aromatic heterocycles. The zero-order valence-corrected chi connectivity index (χ0v) is 22.6. The summed E-state index contributed by atoms with van der Waals surface area (Å²) >= 11 is 0. The van der Waals surface area contributed by atoms with Gasteiger partial charge in [0.2, 0.25) is 22.8 Å². The molecule has 1 atom stereocenters. The number of anilines is 1. The van der Waals surface area contributed by atoms with E-state index in [-0.39, 0.29) is 30.4 Å². The fraction of sp³-hybridized carbons (Fsp3) is 0.393. The van der Waals surface area contributed by atoms with Crippen LogP contribution in [-0.4, -0.2) is 74.2 Å². The van der Waals surface area contributed by atoms with Crippen molar-refractivity contribution in [1.29, 1.82) is 0 Å². The van der Waals surface area contributed by atoms with Crippen LogP contribution in [0.25, 0.3) is 11.3 Å². The number of halogens is 1. The van der Waals surface area contributed by atoms with Crippen LogP contribution in [0.5, 0.6) is 11.5 Å². The van der Waals surface area contributed by atoms with E-state index in [2.05, 4.69) is 4.90 Å². The molecular formula is C28H29FN4O6S. The second kappa shape index (κ2) is 11.1. The van der Waals surface area contributed by atoms with Gasteiger partial charge in [0.25, 0.3) is 0 Å². The Morgan fingerprint density at radius 3 is 2.55 bits per heavy atom. The Balaban J connectivity index is 1.23. The number of hydrogen-bond donors (Lipinski definition) is 0. The molecular weight excluding hydrogens is 539 g/mol. The van der Waals surface area contributed by atoms with Crippen LogP contribution in [-0.2, 0) is 26.0 Å². The van der Waals surface area contributed by atoms with E-state index in [1.54, 1.807) is 0 Å². The van der Waals surface area contributed by atoms with Crippen LogP contribution in [0.2, 0.25) is 0 Å². The van der Waals surface area contributed by atoms with Crippen molar-refractivity contribution in [3.63, 3.8) is 0 Å². The van der Waals surface area contributed by atoms with Gasteiger partial charge in [0, 0.05) is 37.3 Å². The van der Waals surface area contributed by atoms with Crippen molar-refractivity contribution in [3.8, 4) is 22.8 Å². The van der Waals surface area contributed by atoms with Gasteiger partial charge in [-0.15, -0.1) is 0 Å². The lowest BCUT2D eigenvalue weighted by Crippen LogP contribution is -2.40. The molecule has 0 saturated carbocycles. The second-order valence-electron chi connectivity index (χ2n) is 9.91. The molecule has 210 valence electrons. The molecule has 12 heteroatoms. The number of aromatic nitrogens is 2. The van der Waals surface area contributed by atoms with Gasteiger partial charge in [0.05, 0.1) is 29.8 Å². The quantitative estimate of drug-likeness (QED) is 0.405. The Labute approximate surface area is 231 Å². The SMILES string of the molecule is O=C(CCc1cc(-c2ccc3c(c2)OCO3)nc(N2CCOCC2)n1)[C@@H]1CCCN1S(=O)(=O)c1ccc(F)cc1. The standard InChI is InChI=1S/C28H29FN4O6S/c29-20-4-7-22(8-5-20)40(35,36)33-11-1-2-24(33)25(34)9-6-21-17-23(19-3-10-26-27(16-19)39-18-38-26)31-28(30-21)32-12-14-37-15-13-32/h3-5,7-8,10,16-17,24H,1-2,6,9,11-15,18H2/t24-/m0/s1. The highest BCUT2D eigenvalue weighted by molar-refractivity contribution is 7.89. The molecule has 0 amide bonds. The fourth-order valence-electron chi connectivity index (χ4n) is 5.23. The number of Topliss-reactive ketones (excluding diaryl/α,β-unsaturated/α-hetero) is 1. The number of carbonyl (C=O) groups excluding carboxylic acids is 1. The van der Waals surface area contributed by atoms with Gasteiger partial charge in [-0.2, -0.15) is 4.31 Å². The third kappa shape index (κ3) is 5.38. The number of ketones is 1. The van der Waals surface area contributed by atoms with Crippen molar-refractivity contribution in [1.82, 2.24) is 14.3 Å². The highest BCUT2D eigenvalue weighted by atomic mass is 32.2. The molecule has 3 aliphatic heterocycles. The molecule has 40 heavy (non-hydrogen) atoms. The monoisotopic (exact) mass is 568 g/mol. The molecule has 0 bridgehead atoms. The molecule has 0 N–H and O–H groups in total. The summed E-state index contributed by atoms with van der Waals surface area (Å²) in [7, 11) is -3.92. The summed E-state index contributed by atoms with van der Waals surface area (Å²) in [5.74, 6) is 1.19. The van der Waals surface area contributed by atoms with Gasteiger partial charge in [-0.25, -0.2) is 22.8 Å². The van der Waals surface area contributed by atoms with E-state index < -0.39 is 21.9 Å². The van der Waals surface area contributed by atoms with Gasteiger partial charge in [-0.05, 0) is 67.8 Å². The summed E-state index contributed by atoms with van der Waals surface area (Å²) in [6.07, 6.45) is 1.49. The van der Waals surface area contributed by atoms with Crippen LogP contribution in [0, 0.1) is 5.82 Å². The molecule has 2 fully saturated rings. The number of carbonyl (C=O) groups is 1. The molecule has 0 aliphatic carbocycles. The summed E-state index contributed by atoms with van der Waals surface area (Å²) in [5.41, 5.74) is 2.21. The third-order valence-electron chi connectivity index (χ3n) is 7.35.